The van der Waals surface area contributed by atoms with Crippen molar-refractivity contribution in [3.63, 3.8) is 0 Å². The summed E-state index contributed by atoms with van der Waals surface area (Å²) in [4.78, 5) is 23.8. The highest BCUT2D eigenvalue weighted by atomic mass is 16.5. The third-order valence-corrected chi connectivity index (χ3v) is 2.94. The highest BCUT2D eigenvalue weighted by Crippen LogP contribution is 2.13. The Bertz CT molecular complexity index is 706. The lowest BCUT2D eigenvalue weighted by atomic mass is 10.2. The fraction of sp³-hybridized carbons (Fsp3) is 0.158. The Hall–Kier alpha value is -2.88. The van der Waals surface area contributed by atoms with Crippen LogP contribution in [-0.2, 0) is 9.53 Å². The maximum absolute atomic E-state index is 11.9. The molecular weight excluding hydrogens is 290 g/mol. The van der Waals surface area contributed by atoms with E-state index in [4.69, 9.17) is 4.74 Å². The Labute approximate surface area is 135 Å². The third kappa shape index (κ3) is 5.43. The normalized spacial score (nSPS) is 10.7. The lowest BCUT2D eigenvalue weighted by molar-refractivity contribution is -0.111. The second-order valence-electron chi connectivity index (χ2n) is 5.27. The minimum atomic E-state index is -0.407. The molecule has 0 saturated heterocycles. The molecule has 0 atom stereocenters. The van der Waals surface area contributed by atoms with E-state index in [-0.39, 0.29) is 12.0 Å². The first-order valence-corrected chi connectivity index (χ1v) is 7.40. The number of carbonyl (C=O) groups excluding carboxylic acids is 2. The van der Waals surface area contributed by atoms with E-state index in [0.717, 1.165) is 5.56 Å². The number of ether oxygens (including phenoxy) is 1. The van der Waals surface area contributed by atoms with E-state index >= 15 is 0 Å². The molecular formula is C19H19NO3. The van der Waals surface area contributed by atoms with Crippen molar-refractivity contribution in [3.8, 4) is 0 Å². The van der Waals surface area contributed by atoms with Gasteiger partial charge in [0.05, 0.1) is 11.7 Å². The second-order valence-corrected chi connectivity index (χ2v) is 5.27. The van der Waals surface area contributed by atoms with Crippen LogP contribution in [0.5, 0.6) is 0 Å². The quantitative estimate of drug-likeness (QED) is 0.673. The summed E-state index contributed by atoms with van der Waals surface area (Å²) in [7, 11) is 0. The number of rotatable bonds is 5. The first-order chi connectivity index (χ1) is 11.0. The molecule has 2 aromatic rings. The van der Waals surface area contributed by atoms with E-state index in [9.17, 15) is 9.59 Å². The zero-order valence-corrected chi connectivity index (χ0v) is 13.2. The topological polar surface area (TPSA) is 55.4 Å². The Balaban J connectivity index is 2.01. The Morgan fingerprint density at radius 3 is 2.48 bits per heavy atom. The minimum absolute atomic E-state index is 0.186. The molecule has 0 saturated carbocycles. The molecule has 0 aliphatic rings. The number of nitrogens with one attached hydrogen (secondary N) is 1. The molecule has 0 unspecified atom stereocenters. The van der Waals surface area contributed by atoms with Gasteiger partial charge in [0.2, 0.25) is 5.91 Å². The van der Waals surface area contributed by atoms with E-state index in [0.29, 0.717) is 11.3 Å². The first kappa shape index (κ1) is 16.5. The third-order valence-electron chi connectivity index (χ3n) is 2.94. The molecule has 0 fully saturated rings. The van der Waals surface area contributed by atoms with Crippen LogP contribution in [0.2, 0.25) is 0 Å². The van der Waals surface area contributed by atoms with Crippen LogP contribution in [0.25, 0.3) is 6.08 Å². The lowest BCUT2D eigenvalue weighted by Gasteiger charge is -2.09. The summed E-state index contributed by atoms with van der Waals surface area (Å²) in [6, 6.07) is 16.2. The SMILES string of the molecule is CC(C)OC(=O)c1cccc(NC(=O)/C=C/c2ccccc2)c1. The van der Waals surface area contributed by atoms with Crippen LogP contribution >= 0.6 is 0 Å². The predicted octanol–water partition coefficient (Wildman–Crippen LogP) is 3.90. The summed E-state index contributed by atoms with van der Waals surface area (Å²) in [6.45, 7) is 3.58. The highest BCUT2D eigenvalue weighted by Gasteiger charge is 2.10. The van der Waals surface area contributed by atoms with Crippen LogP contribution in [0.1, 0.15) is 29.8 Å². The van der Waals surface area contributed by atoms with E-state index < -0.39 is 5.97 Å². The number of benzene rings is 2. The molecule has 1 amide bonds. The van der Waals surface area contributed by atoms with Crippen LogP contribution in [0, 0.1) is 0 Å². The molecule has 23 heavy (non-hydrogen) atoms. The van der Waals surface area contributed by atoms with Crippen LogP contribution < -0.4 is 5.32 Å². The van der Waals surface area contributed by atoms with Crippen molar-refractivity contribution in [3.05, 3.63) is 71.8 Å². The van der Waals surface area contributed by atoms with Gasteiger partial charge in [0, 0.05) is 11.8 Å². The van der Waals surface area contributed by atoms with Crippen molar-refractivity contribution < 1.29 is 14.3 Å². The van der Waals surface area contributed by atoms with Gasteiger partial charge in [-0.2, -0.15) is 0 Å². The van der Waals surface area contributed by atoms with Gasteiger partial charge >= 0.3 is 5.97 Å². The standard InChI is InChI=1S/C19H19NO3/c1-14(2)23-19(22)16-9-6-10-17(13-16)20-18(21)12-11-15-7-4-3-5-8-15/h3-14H,1-2H3,(H,20,21)/b12-11+. The van der Waals surface area contributed by atoms with Crippen LogP contribution in [0.3, 0.4) is 0 Å². The van der Waals surface area contributed by atoms with Gasteiger partial charge in [0.15, 0.2) is 0 Å². The summed E-state index contributed by atoms with van der Waals surface area (Å²) < 4.78 is 5.14. The molecule has 0 aliphatic carbocycles. The number of carbonyl (C=O) groups is 2. The Morgan fingerprint density at radius 2 is 1.78 bits per heavy atom. The molecule has 4 heteroatoms. The smallest absolute Gasteiger partial charge is 0.338 e. The molecule has 4 nitrogen and oxygen atoms in total. The van der Waals surface area contributed by atoms with Gasteiger partial charge in [-0.15, -0.1) is 0 Å². The summed E-state index contributed by atoms with van der Waals surface area (Å²) in [5.74, 6) is -0.667. The van der Waals surface area contributed by atoms with Gasteiger partial charge in [-0.05, 0) is 43.7 Å². The number of esters is 1. The van der Waals surface area contributed by atoms with Crippen molar-refractivity contribution in [1.82, 2.24) is 0 Å². The van der Waals surface area contributed by atoms with Gasteiger partial charge in [-0.3, -0.25) is 4.79 Å². The van der Waals surface area contributed by atoms with Gasteiger partial charge in [-0.1, -0.05) is 36.4 Å². The summed E-state index contributed by atoms with van der Waals surface area (Å²) in [5, 5.41) is 2.73. The maximum Gasteiger partial charge on any atom is 0.338 e. The number of hydrogen-bond acceptors (Lipinski definition) is 3. The summed E-state index contributed by atoms with van der Waals surface area (Å²) in [5.41, 5.74) is 1.89. The molecule has 0 spiro atoms. The molecule has 118 valence electrons. The minimum Gasteiger partial charge on any atom is -0.459 e. The van der Waals surface area contributed by atoms with Gasteiger partial charge in [-0.25, -0.2) is 4.79 Å². The van der Waals surface area contributed by atoms with Crippen LogP contribution in [-0.4, -0.2) is 18.0 Å². The maximum atomic E-state index is 11.9. The van der Waals surface area contributed by atoms with Crippen LogP contribution in [0.4, 0.5) is 5.69 Å². The van der Waals surface area contributed by atoms with Gasteiger partial charge in [0.25, 0.3) is 0 Å². The molecule has 0 bridgehead atoms. The molecule has 0 aromatic heterocycles. The Morgan fingerprint density at radius 1 is 1.04 bits per heavy atom. The average Bonchev–Trinajstić information content (AvgIpc) is 2.53. The monoisotopic (exact) mass is 309 g/mol. The average molecular weight is 309 g/mol. The molecule has 2 aromatic carbocycles. The molecule has 1 N–H and O–H groups in total. The van der Waals surface area contributed by atoms with Gasteiger partial charge in [0.1, 0.15) is 0 Å². The van der Waals surface area contributed by atoms with Crippen molar-refractivity contribution in [2.24, 2.45) is 0 Å². The number of hydrogen-bond donors (Lipinski definition) is 1. The predicted molar refractivity (Wildman–Crippen MR) is 91.1 cm³/mol. The summed E-state index contributed by atoms with van der Waals surface area (Å²) >= 11 is 0. The van der Waals surface area contributed by atoms with Crippen LogP contribution in [0.15, 0.2) is 60.7 Å². The lowest BCUT2D eigenvalue weighted by Crippen LogP contribution is -2.13. The van der Waals surface area contributed by atoms with Crippen molar-refractivity contribution >= 4 is 23.6 Å². The zero-order valence-electron chi connectivity index (χ0n) is 13.2. The highest BCUT2D eigenvalue weighted by molar-refractivity contribution is 6.02. The zero-order chi connectivity index (χ0) is 16.7. The first-order valence-electron chi connectivity index (χ1n) is 7.40. The second kappa shape index (κ2) is 7.94. The fourth-order valence-corrected chi connectivity index (χ4v) is 1.93. The fourth-order valence-electron chi connectivity index (χ4n) is 1.93. The molecule has 0 aliphatic heterocycles. The van der Waals surface area contributed by atoms with E-state index in [2.05, 4.69) is 5.32 Å². The van der Waals surface area contributed by atoms with E-state index in [1.54, 1.807) is 44.2 Å². The van der Waals surface area contributed by atoms with Crippen molar-refractivity contribution in [1.29, 1.82) is 0 Å². The van der Waals surface area contributed by atoms with Gasteiger partial charge < -0.3 is 10.1 Å². The molecule has 0 radical (unpaired) electrons. The van der Waals surface area contributed by atoms with E-state index in [1.165, 1.54) is 6.08 Å². The van der Waals surface area contributed by atoms with E-state index in [1.807, 2.05) is 30.3 Å². The number of anilines is 1. The molecule has 2 rings (SSSR count). The Kier molecular flexibility index (Phi) is 5.69. The van der Waals surface area contributed by atoms with Crippen molar-refractivity contribution in [2.75, 3.05) is 5.32 Å². The number of amides is 1. The summed E-state index contributed by atoms with van der Waals surface area (Å²) in [6.07, 6.45) is 3.00. The molecule has 0 heterocycles. The largest absolute Gasteiger partial charge is 0.459 e. The van der Waals surface area contributed by atoms with Crippen molar-refractivity contribution in [2.45, 2.75) is 20.0 Å².